The molecule has 126 valence electrons. The SMILES string of the molecule is CC(C)(C)OC(=O)OC1CC2CCN(Cc3ccccc3)N2C1. The monoisotopic (exact) mass is 318 g/mol. The predicted octanol–water partition coefficient (Wildman–Crippen LogP) is 3.20. The minimum atomic E-state index is -0.557. The van der Waals surface area contributed by atoms with Gasteiger partial charge in [0.05, 0.1) is 6.54 Å². The van der Waals surface area contributed by atoms with Crippen LogP contribution in [-0.4, -0.2) is 47.0 Å². The van der Waals surface area contributed by atoms with Gasteiger partial charge >= 0.3 is 6.16 Å². The average Bonchev–Trinajstić information content (AvgIpc) is 2.99. The molecule has 0 amide bonds. The van der Waals surface area contributed by atoms with E-state index in [0.717, 1.165) is 32.5 Å². The molecular formula is C18H26N2O3. The zero-order valence-electron chi connectivity index (χ0n) is 14.2. The van der Waals surface area contributed by atoms with E-state index < -0.39 is 11.8 Å². The summed E-state index contributed by atoms with van der Waals surface area (Å²) in [5.41, 5.74) is 0.801. The molecule has 0 aromatic heterocycles. The Hall–Kier alpha value is -1.59. The van der Waals surface area contributed by atoms with Crippen LogP contribution in [0.1, 0.15) is 39.2 Å². The first kappa shape index (κ1) is 16.3. The predicted molar refractivity (Wildman–Crippen MR) is 87.7 cm³/mol. The Balaban J connectivity index is 1.53. The molecule has 2 aliphatic heterocycles. The van der Waals surface area contributed by atoms with Crippen LogP contribution in [0.5, 0.6) is 0 Å². The van der Waals surface area contributed by atoms with Gasteiger partial charge in [-0.1, -0.05) is 30.3 Å². The number of carbonyl (C=O) groups is 1. The van der Waals surface area contributed by atoms with Gasteiger partial charge in [0.25, 0.3) is 0 Å². The molecule has 0 aliphatic carbocycles. The normalized spacial score (nSPS) is 25.3. The summed E-state index contributed by atoms with van der Waals surface area (Å²) in [5.74, 6) is 0. The fourth-order valence-electron chi connectivity index (χ4n) is 3.36. The topological polar surface area (TPSA) is 42.0 Å². The van der Waals surface area contributed by atoms with Crippen molar-refractivity contribution in [1.29, 1.82) is 0 Å². The minimum Gasteiger partial charge on any atom is -0.429 e. The molecule has 1 aromatic carbocycles. The Labute approximate surface area is 138 Å². The summed E-state index contributed by atoms with van der Waals surface area (Å²) in [6.45, 7) is 8.29. The first-order valence-corrected chi connectivity index (χ1v) is 8.36. The van der Waals surface area contributed by atoms with Gasteiger partial charge in [-0.3, -0.25) is 0 Å². The molecule has 3 rings (SSSR count). The highest BCUT2D eigenvalue weighted by molar-refractivity contribution is 5.60. The van der Waals surface area contributed by atoms with E-state index in [1.165, 1.54) is 5.56 Å². The molecule has 0 radical (unpaired) electrons. The fourth-order valence-corrected chi connectivity index (χ4v) is 3.36. The minimum absolute atomic E-state index is 0.0755. The second-order valence-electron chi connectivity index (χ2n) is 7.38. The highest BCUT2D eigenvalue weighted by Crippen LogP contribution is 2.31. The highest BCUT2D eigenvalue weighted by atomic mass is 16.7. The van der Waals surface area contributed by atoms with E-state index >= 15 is 0 Å². The molecule has 0 N–H and O–H groups in total. The molecule has 1 aromatic rings. The lowest BCUT2D eigenvalue weighted by Crippen LogP contribution is -2.38. The summed E-state index contributed by atoms with van der Waals surface area (Å²) < 4.78 is 10.7. The first-order chi connectivity index (χ1) is 10.9. The molecule has 0 saturated carbocycles. The summed E-state index contributed by atoms with van der Waals surface area (Å²) in [7, 11) is 0. The van der Waals surface area contributed by atoms with E-state index in [9.17, 15) is 4.79 Å². The molecule has 2 saturated heterocycles. The van der Waals surface area contributed by atoms with Crippen LogP contribution in [-0.2, 0) is 16.0 Å². The van der Waals surface area contributed by atoms with Crippen LogP contribution in [0.3, 0.4) is 0 Å². The van der Waals surface area contributed by atoms with Gasteiger partial charge in [-0.25, -0.2) is 14.8 Å². The number of hydrogen-bond acceptors (Lipinski definition) is 5. The number of rotatable bonds is 3. The van der Waals surface area contributed by atoms with Crippen LogP contribution in [0.15, 0.2) is 30.3 Å². The number of hydrogen-bond donors (Lipinski definition) is 0. The highest BCUT2D eigenvalue weighted by Gasteiger charge is 2.42. The maximum absolute atomic E-state index is 11.8. The third-order valence-corrected chi connectivity index (χ3v) is 4.29. The quantitative estimate of drug-likeness (QED) is 0.801. The lowest BCUT2D eigenvalue weighted by Gasteiger charge is -2.27. The zero-order valence-corrected chi connectivity index (χ0v) is 14.2. The molecule has 23 heavy (non-hydrogen) atoms. The summed E-state index contributed by atoms with van der Waals surface area (Å²) in [6.07, 6.45) is 1.39. The average molecular weight is 318 g/mol. The molecule has 0 bridgehead atoms. The van der Waals surface area contributed by atoms with Crippen molar-refractivity contribution in [2.75, 3.05) is 13.1 Å². The second-order valence-corrected chi connectivity index (χ2v) is 7.38. The van der Waals surface area contributed by atoms with Crippen LogP contribution in [0.2, 0.25) is 0 Å². The standard InChI is InChI=1S/C18H26N2O3/c1-18(2,3)23-17(21)22-16-11-15-9-10-19(20(15)13-16)12-14-7-5-4-6-8-14/h4-8,15-16H,9-13H2,1-3H3. The van der Waals surface area contributed by atoms with Crippen molar-refractivity contribution in [3.05, 3.63) is 35.9 Å². The summed E-state index contributed by atoms with van der Waals surface area (Å²) in [5, 5.41) is 4.74. The van der Waals surface area contributed by atoms with E-state index in [2.05, 4.69) is 34.3 Å². The van der Waals surface area contributed by atoms with Crippen LogP contribution >= 0.6 is 0 Å². The Morgan fingerprint density at radius 3 is 2.70 bits per heavy atom. The Morgan fingerprint density at radius 1 is 1.26 bits per heavy atom. The maximum atomic E-state index is 11.8. The maximum Gasteiger partial charge on any atom is 0.509 e. The molecule has 2 aliphatic rings. The van der Waals surface area contributed by atoms with Gasteiger partial charge in [-0.05, 0) is 32.8 Å². The van der Waals surface area contributed by atoms with Crippen molar-refractivity contribution in [3.63, 3.8) is 0 Å². The van der Waals surface area contributed by atoms with E-state index in [-0.39, 0.29) is 6.10 Å². The molecular weight excluding hydrogens is 292 g/mol. The van der Waals surface area contributed by atoms with Crippen LogP contribution < -0.4 is 0 Å². The van der Waals surface area contributed by atoms with Crippen molar-refractivity contribution in [2.24, 2.45) is 0 Å². The largest absolute Gasteiger partial charge is 0.509 e. The molecule has 2 fully saturated rings. The van der Waals surface area contributed by atoms with Crippen molar-refractivity contribution in [2.45, 2.75) is 57.9 Å². The Morgan fingerprint density at radius 2 is 2.00 bits per heavy atom. The third-order valence-electron chi connectivity index (χ3n) is 4.29. The van der Waals surface area contributed by atoms with Gasteiger partial charge in [-0.15, -0.1) is 0 Å². The molecule has 5 nitrogen and oxygen atoms in total. The molecule has 2 atom stereocenters. The lowest BCUT2D eigenvalue weighted by molar-refractivity contribution is -0.0364. The Bertz CT molecular complexity index is 541. The van der Waals surface area contributed by atoms with Gasteiger partial charge in [0.2, 0.25) is 0 Å². The summed E-state index contributed by atoms with van der Waals surface area (Å²) in [6, 6.07) is 11.0. The van der Waals surface area contributed by atoms with Crippen LogP contribution in [0.4, 0.5) is 4.79 Å². The molecule has 5 heteroatoms. The number of nitrogens with zero attached hydrogens (tertiary/aromatic N) is 2. The fraction of sp³-hybridized carbons (Fsp3) is 0.611. The first-order valence-electron chi connectivity index (χ1n) is 8.36. The summed E-state index contributed by atoms with van der Waals surface area (Å²) >= 11 is 0. The molecule has 2 heterocycles. The number of fused-ring (bicyclic) bond motifs is 1. The second kappa shape index (κ2) is 6.49. The smallest absolute Gasteiger partial charge is 0.429 e. The van der Waals surface area contributed by atoms with E-state index in [1.807, 2.05) is 26.8 Å². The van der Waals surface area contributed by atoms with Crippen LogP contribution in [0, 0.1) is 0 Å². The van der Waals surface area contributed by atoms with Gasteiger partial charge in [0.1, 0.15) is 11.7 Å². The van der Waals surface area contributed by atoms with Crippen molar-refractivity contribution >= 4 is 6.16 Å². The van der Waals surface area contributed by atoms with Crippen molar-refractivity contribution in [1.82, 2.24) is 10.0 Å². The van der Waals surface area contributed by atoms with Crippen molar-refractivity contribution < 1.29 is 14.3 Å². The number of carbonyl (C=O) groups excluding carboxylic acids is 1. The summed E-state index contributed by atoms with van der Waals surface area (Å²) in [4.78, 5) is 11.8. The number of ether oxygens (including phenoxy) is 2. The van der Waals surface area contributed by atoms with E-state index in [0.29, 0.717) is 6.04 Å². The Kier molecular flexibility index (Phi) is 4.60. The zero-order chi connectivity index (χ0) is 16.4. The lowest BCUT2D eigenvalue weighted by atomic mass is 10.1. The van der Waals surface area contributed by atoms with Gasteiger partial charge in [0, 0.05) is 25.6 Å². The number of hydrazine groups is 1. The molecule has 0 spiro atoms. The third kappa shape index (κ3) is 4.24. The number of benzene rings is 1. The van der Waals surface area contributed by atoms with Gasteiger partial charge < -0.3 is 9.47 Å². The van der Waals surface area contributed by atoms with E-state index in [1.54, 1.807) is 0 Å². The van der Waals surface area contributed by atoms with E-state index in [4.69, 9.17) is 9.47 Å². The van der Waals surface area contributed by atoms with Gasteiger partial charge in [-0.2, -0.15) is 0 Å². The van der Waals surface area contributed by atoms with Crippen molar-refractivity contribution in [3.8, 4) is 0 Å². The van der Waals surface area contributed by atoms with Gasteiger partial charge in [0.15, 0.2) is 0 Å². The molecule has 2 unspecified atom stereocenters. The van der Waals surface area contributed by atoms with Crippen LogP contribution in [0.25, 0.3) is 0 Å².